The second-order valence-corrected chi connectivity index (χ2v) is 5.27. The first kappa shape index (κ1) is 14.9. The van der Waals surface area contributed by atoms with Gasteiger partial charge >= 0.3 is 5.97 Å². The maximum absolute atomic E-state index is 12.3. The average molecular weight is 312 g/mol. The number of amides is 1. The van der Waals surface area contributed by atoms with E-state index >= 15 is 0 Å². The third kappa shape index (κ3) is 2.96. The summed E-state index contributed by atoms with van der Waals surface area (Å²) in [5.41, 5.74) is 7.86. The van der Waals surface area contributed by atoms with E-state index in [0.29, 0.717) is 6.54 Å². The molecule has 3 rings (SSSR count). The highest BCUT2D eigenvalue weighted by molar-refractivity contribution is 6.00. The molecule has 23 heavy (non-hydrogen) atoms. The fourth-order valence-electron chi connectivity index (χ4n) is 2.60. The van der Waals surface area contributed by atoms with Crippen molar-refractivity contribution in [3.05, 3.63) is 53.6 Å². The Hall–Kier alpha value is -3.02. The highest BCUT2D eigenvalue weighted by Crippen LogP contribution is 2.27. The molecule has 118 valence electrons. The molecule has 0 fully saturated rings. The number of aromatic hydroxyl groups is 1. The van der Waals surface area contributed by atoms with E-state index in [4.69, 9.17) is 10.5 Å². The zero-order valence-corrected chi connectivity index (χ0v) is 12.4. The lowest BCUT2D eigenvalue weighted by molar-refractivity contribution is -0.121. The van der Waals surface area contributed by atoms with Crippen molar-refractivity contribution in [1.82, 2.24) is 0 Å². The Morgan fingerprint density at radius 3 is 2.83 bits per heavy atom. The summed E-state index contributed by atoms with van der Waals surface area (Å²) >= 11 is 0. The van der Waals surface area contributed by atoms with Gasteiger partial charge in [-0.3, -0.25) is 4.79 Å². The van der Waals surface area contributed by atoms with E-state index in [1.54, 1.807) is 4.90 Å². The highest BCUT2D eigenvalue weighted by atomic mass is 16.5. The number of carbonyl (C=O) groups excluding carboxylic acids is 2. The Balaban J connectivity index is 1.66. The number of nitrogens with two attached hydrogens (primary N) is 1. The van der Waals surface area contributed by atoms with E-state index in [-0.39, 0.29) is 29.5 Å². The topological polar surface area (TPSA) is 92.9 Å². The number of esters is 1. The molecule has 3 N–H and O–H groups in total. The zero-order chi connectivity index (χ0) is 16.4. The minimum absolute atomic E-state index is 0.0413. The molecule has 1 heterocycles. The Morgan fingerprint density at radius 2 is 2.00 bits per heavy atom. The molecule has 0 atom stereocenters. The number of hydrogen-bond donors (Lipinski definition) is 2. The molecule has 0 bridgehead atoms. The standard InChI is InChI=1S/C17H16N2O4/c18-14-6-5-12(20)9-13(14)17(22)23-10-16(21)19-8-7-11-3-1-2-4-15(11)19/h1-6,9,20H,7-8,10,18H2. The van der Waals surface area contributed by atoms with Crippen LogP contribution in [0.3, 0.4) is 0 Å². The third-order valence-electron chi connectivity index (χ3n) is 3.77. The number of ether oxygens (including phenoxy) is 1. The molecule has 2 aromatic rings. The maximum Gasteiger partial charge on any atom is 0.340 e. The lowest BCUT2D eigenvalue weighted by Gasteiger charge is -2.17. The van der Waals surface area contributed by atoms with Crippen molar-refractivity contribution in [3.8, 4) is 5.75 Å². The summed E-state index contributed by atoms with van der Waals surface area (Å²) in [4.78, 5) is 25.9. The zero-order valence-electron chi connectivity index (χ0n) is 12.4. The summed E-state index contributed by atoms with van der Waals surface area (Å²) < 4.78 is 5.03. The summed E-state index contributed by atoms with van der Waals surface area (Å²) in [6.07, 6.45) is 0.787. The molecule has 0 saturated carbocycles. The molecule has 6 heteroatoms. The van der Waals surface area contributed by atoms with Crippen LogP contribution < -0.4 is 10.6 Å². The highest BCUT2D eigenvalue weighted by Gasteiger charge is 2.25. The largest absolute Gasteiger partial charge is 0.508 e. The van der Waals surface area contributed by atoms with Gasteiger partial charge in [-0.25, -0.2) is 4.79 Å². The number of hydrogen-bond acceptors (Lipinski definition) is 5. The third-order valence-corrected chi connectivity index (χ3v) is 3.77. The van der Waals surface area contributed by atoms with Crippen LogP contribution in [-0.4, -0.2) is 30.1 Å². The van der Waals surface area contributed by atoms with Crippen molar-refractivity contribution in [2.45, 2.75) is 6.42 Å². The van der Waals surface area contributed by atoms with Crippen molar-refractivity contribution < 1.29 is 19.4 Å². The molecule has 0 radical (unpaired) electrons. The van der Waals surface area contributed by atoms with Gasteiger partial charge in [0.05, 0.1) is 5.56 Å². The summed E-state index contributed by atoms with van der Waals surface area (Å²) in [6.45, 7) is 0.201. The Labute approximate surface area is 133 Å². The van der Waals surface area contributed by atoms with Crippen molar-refractivity contribution in [1.29, 1.82) is 0 Å². The summed E-state index contributed by atoms with van der Waals surface area (Å²) in [5.74, 6) is -1.12. The molecule has 6 nitrogen and oxygen atoms in total. The number of nitrogens with zero attached hydrogens (tertiary/aromatic N) is 1. The van der Waals surface area contributed by atoms with Crippen LogP contribution in [0.25, 0.3) is 0 Å². The van der Waals surface area contributed by atoms with E-state index in [1.165, 1.54) is 18.2 Å². The predicted molar refractivity (Wildman–Crippen MR) is 85.3 cm³/mol. The monoisotopic (exact) mass is 312 g/mol. The molecule has 0 spiro atoms. The van der Waals surface area contributed by atoms with Crippen LogP contribution in [0.15, 0.2) is 42.5 Å². The number of fused-ring (bicyclic) bond motifs is 1. The average Bonchev–Trinajstić information content (AvgIpc) is 2.98. The first-order valence-electron chi connectivity index (χ1n) is 7.20. The molecule has 1 aliphatic heterocycles. The number of para-hydroxylation sites is 1. The van der Waals surface area contributed by atoms with E-state index in [9.17, 15) is 14.7 Å². The van der Waals surface area contributed by atoms with Crippen LogP contribution in [0.1, 0.15) is 15.9 Å². The van der Waals surface area contributed by atoms with Gasteiger partial charge in [-0.1, -0.05) is 18.2 Å². The Kier molecular flexibility index (Phi) is 3.89. The van der Waals surface area contributed by atoms with E-state index in [1.807, 2.05) is 24.3 Å². The molecule has 1 amide bonds. The summed E-state index contributed by atoms with van der Waals surface area (Å²) in [7, 11) is 0. The van der Waals surface area contributed by atoms with Crippen LogP contribution in [0.4, 0.5) is 11.4 Å². The van der Waals surface area contributed by atoms with E-state index in [0.717, 1.165) is 17.7 Å². The summed E-state index contributed by atoms with van der Waals surface area (Å²) in [5, 5.41) is 9.41. The number of benzene rings is 2. The minimum Gasteiger partial charge on any atom is -0.508 e. The molecule has 0 unspecified atom stereocenters. The van der Waals surface area contributed by atoms with E-state index in [2.05, 4.69) is 0 Å². The molecule has 2 aromatic carbocycles. The molecule has 1 aliphatic rings. The maximum atomic E-state index is 12.3. The minimum atomic E-state index is -0.737. The van der Waals surface area contributed by atoms with E-state index < -0.39 is 5.97 Å². The van der Waals surface area contributed by atoms with Crippen LogP contribution in [-0.2, 0) is 16.0 Å². The summed E-state index contributed by atoms with van der Waals surface area (Å²) in [6, 6.07) is 11.6. The predicted octanol–water partition coefficient (Wildman–Crippen LogP) is 1.72. The first-order valence-corrected chi connectivity index (χ1v) is 7.20. The lowest BCUT2D eigenvalue weighted by atomic mass is 10.2. The molecule has 0 saturated heterocycles. The van der Waals surface area contributed by atoms with Gasteiger partial charge < -0.3 is 20.5 Å². The second-order valence-electron chi connectivity index (χ2n) is 5.27. The fourth-order valence-corrected chi connectivity index (χ4v) is 2.60. The number of phenols is 1. The lowest BCUT2D eigenvalue weighted by Crippen LogP contribution is -2.33. The van der Waals surface area contributed by atoms with Gasteiger partial charge in [-0.2, -0.15) is 0 Å². The number of carbonyl (C=O) groups is 2. The van der Waals surface area contributed by atoms with Crippen LogP contribution in [0.5, 0.6) is 5.75 Å². The van der Waals surface area contributed by atoms with Gasteiger partial charge in [0.25, 0.3) is 5.91 Å². The van der Waals surface area contributed by atoms with Crippen molar-refractivity contribution in [3.63, 3.8) is 0 Å². The molecule has 0 aromatic heterocycles. The van der Waals surface area contributed by atoms with Gasteiger partial charge in [0, 0.05) is 17.9 Å². The molecular weight excluding hydrogens is 296 g/mol. The smallest absolute Gasteiger partial charge is 0.340 e. The van der Waals surface area contributed by atoms with Crippen LogP contribution in [0.2, 0.25) is 0 Å². The number of rotatable bonds is 3. The van der Waals surface area contributed by atoms with Gasteiger partial charge in [-0.05, 0) is 36.2 Å². The van der Waals surface area contributed by atoms with Crippen molar-refractivity contribution in [2.75, 3.05) is 23.8 Å². The molecular formula is C17H16N2O4. The fraction of sp³-hybridized carbons (Fsp3) is 0.176. The van der Waals surface area contributed by atoms with Gasteiger partial charge in [0.2, 0.25) is 0 Å². The molecule has 0 aliphatic carbocycles. The van der Waals surface area contributed by atoms with Crippen molar-refractivity contribution >= 4 is 23.3 Å². The number of nitrogen functional groups attached to an aromatic ring is 1. The van der Waals surface area contributed by atoms with Crippen molar-refractivity contribution in [2.24, 2.45) is 0 Å². The van der Waals surface area contributed by atoms with Gasteiger partial charge in [-0.15, -0.1) is 0 Å². The first-order chi connectivity index (χ1) is 11.1. The Bertz CT molecular complexity index is 773. The normalized spacial score (nSPS) is 12.8. The Morgan fingerprint density at radius 1 is 1.22 bits per heavy atom. The van der Waals surface area contributed by atoms with Crippen LogP contribution in [0, 0.1) is 0 Å². The number of anilines is 2. The van der Waals surface area contributed by atoms with Gasteiger partial charge in [0.15, 0.2) is 6.61 Å². The van der Waals surface area contributed by atoms with Crippen LogP contribution >= 0.6 is 0 Å². The quantitative estimate of drug-likeness (QED) is 0.511. The second kappa shape index (κ2) is 6.00. The SMILES string of the molecule is Nc1ccc(O)cc1C(=O)OCC(=O)N1CCc2ccccc21. The number of phenolic OH excluding ortho intramolecular Hbond substituents is 1. The van der Waals surface area contributed by atoms with Gasteiger partial charge in [0.1, 0.15) is 5.75 Å².